The normalized spacial score (nSPS) is 19.7. The Labute approximate surface area is 208 Å². The molecule has 0 spiro atoms. The van der Waals surface area contributed by atoms with Crippen molar-refractivity contribution in [2.75, 3.05) is 20.2 Å². The van der Waals surface area contributed by atoms with Gasteiger partial charge in [-0.1, -0.05) is 37.3 Å². The summed E-state index contributed by atoms with van der Waals surface area (Å²) in [4.78, 5) is 12.7. The predicted octanol–water partition coefficient (Wildman–Crippen LogP) is 3.38. The van der Waals surface area contributed by atoms with Gasteiger partial charge in [0.15, 0.2) is 0 Å². The second kappa shape index (κ2) is 11.0. The van der Waals surface area contributed by atoms with E-state index in [1.807, 2.05) is 37.3 Å². The number of aliphatic hydroxyl groups excluding tert-OH is 1. The minimum Gasteiger partial charge on any atom is -0.497 e. The van der Waals surface area contributed by atoms with Crippen molar-refractivity contribution in [2.24, 2.45) is 5.92 Å². The van der Waals surface area contributed by atoms with Crippen molar-refractivity contribution in [2.45, 2.75) is 63.2 Å². The monoisotopic (exact) mass is 504 g/mol. The van der Waals surface area contributed by atoms with E-state index in [4.69, 9.17) is 9.47 Å². The largest absolute Gasteiger partial charge is 0.497 e. The van der Waals surface area contributed by atoms with Gasteiger partial charge in [0.25, 0.3) is 0 Å². The van der Waals surface area contributed by atoms with E-state index in [2.05, 4.69) is 5.32 Å². The lowest BCUT2D eigenvalue weighted by Gasteiger charge is -2.30. The van der Waals surface area contributed by atoms with E-state index in [0.29, 0.717) is 24.2 Å². The summed E-state index contributed by atoms with van der Waals surface area (Å²) in [7, 11) is -2.32. The topological polar surface area (TPSA) is 105 Å². The summed E-state index contributed by atoms with van der Waals surface area (Å²) < 4.78 is 39.1. The summed E-state index contributed by atoms with van der Waals surface area (Å²) in [6.45, 7) is 7.34. The van der Waals surface area contributed by atoms with Crippen LogP contribution in [0.15, 0.2) is 53.4 Å². The lowest BCUT2D eigenvalue weighted by Crippen LogP contribution is -2.51. The molecule has 1 aliphatic rings. The first kappa shape index (κ1) is 27.0. The van der Waals surface area contributed by atoms with Gasteiger partial charge in [0.05, 0.1) is 24.2 Å². The first-order valence-corrected chi connectivity index (χ1v) is 13.2. The number of hydrogen-bond donors (Lipinski definition) is 2. The molecule has 0 radical (unpaired) electrons. The number of methoxy groups -OCH3 is 1. The van der Waals surface area contributed by atoms with E-state index in [1.54, 1.807) is 46.1 Å². The van der Waals surface area contributed by atoms with Gasteiger partial charge in [-0.15, -0.1) is 0 Å². The maximum absolute atomic E-state index is 13.6. The van der Waals surface area contributed by atoms with Gasteiger partial charge in [0.1, 0.15) is 11.4 Å². The van der Waals surface area contributed by atoms with E-state index in [1.165, 1.54) is 4.31 Å². The predicted molar refractivity (Wildman–Crippen MR) is 134 cm³/mol. The Balaban J connectivity index is 1.86. The Morgan fingerprint density at radius 1 is 1.20 bits per heavy atom. The van der Waals surface area contributed by atoms with Gasteiger partial charge in [0.2, 0.25) is 10.0 Å². The molecule has 3 atom stereocenters. The fourth-order valence-corrected chi connectivity index (χ4v) is 6.03. The van der Waals surface area contributed by atoms with Crippen molar-refractivity contribution >= 4 is 16.1 Å². The molecule has 1 aliphatic heterocycles. The number of fused-ring (bicyclic) bond motifs is 1. The van der Waals surface area contributed by atoms with Gasteiger partial charge in [-0.05, 0) is 68.9 Å². The highest BCUT2D eigenvalue weighted by molar-refractivity contribution is 7.89. The Kier molecular flexibility index (Phi) is 8.46. The number of β-amino-alcohol motifs (C(OH)–C–C–N with tert-alkyl or cyclic N) is 1. The summed E-state index contributed by atoms with van der Waals surface area (Å²) >= 11 is 0. The molecule has 192 valence electrons. The molecule has 0 saturated carbocycles. The lowest BCUT2D eigenvalue weighted by molar-refractivity contribution is 0.0400. The molecule has 0 aromatic heterocycles. The van der Waals surface area contributed by atoms with Crippen molar-refractivity contribution in [1.29, 1.82) is 0 Å². The van der Waals surface area contributed by atoms with Crippen molar-refractivity contribution in [3.05, 3.63) is 59.7 Å². The summed E-state index contributed by atoms with van der Waals surface area (Å²) in [5.74, 6) is 0.626. The second-order valence-electron chi connectivity index (χ2n) is 10.1. The van der Waals surface area contributed by atoms with Crippen molar-refractivity contribution in [3.8, 4) is 5.75 Å². The second-order valence-corrected chi connectivity index (χ2v) is 12.0. The number of carbonyl (C=O) groups excluding carboxylic acids is 1. The smallest absolute Gasteiger partial charge is 0.407 e. The maximum Gasteiger partial charge on any atom is 0.407 e. The molecular weight excluding hydrogens is 468 g/mol. The van der Waals surface area contributed by atoms with Crippen LogP contribution in [0.4, 0.5) is 4.79 Å². The number of nitrogens with one attached hydrogen (secondary N) is 1. The van der Waals surface area contributed by atoms with Gasteiger partial charge in [-0.3, -0.25) is 0 Å². The standard InChI is InChI=1S/C26H36N2O6S/c1-18-13-20-15-21(33-5)11-12-24(20)35(31,32)28(16-18)17-23(29)22(14-19-9-7-6-8-10-19)27-25(30)34-26(2,3)4/h6-12,15,18,22-23,29H,13-14,16-17H2,1-5H3,(H,27,30)/t18-,22-,23+/m0/s1. The van der Waals surface area contributed by atoms with Crippen LogP contribution in [-0.4, -0.2) is 61.9 Å². The number of alkyl carbamates (subject to hydrolysis) is 1. The Hall–Kier alpha value is -2.62. The van der Waals surface area contributed by atoms with Crippen LogP contribution in [0.25, 0.3) is 0 Å². The molecule has 8 nitrogen and oxygen atoms in total. The molecule has 0 saturated heterocycles. The van der Waals surface area contributed by atoms with Crippen molar-refractivity contribution in [1.82, 2.24) is 9.62 Å². The van der Waals surface area contributed by atoms with Gasteiger partial charge in [0, 0.05) is 13.1 Å². The van der Waals surface area contributed by atoms with Crippen molar-refractivity contribution < 1.29 is 27.8 Å². The minimum absolute atomic E-state index is 0.0247. The molecule has 1 amide bonds. The molecule has 9 heteroatoms. The first-order valence-electron chi connectivity index (χ1n) is 11.8. The molecule has 35 heavy (non-hydrogen) atoms. The van der Waals surface area contributed by atoms with Crippen LogP contribution in [0.3, 0.4) is 0 Å². The fraction of sp³-hybridized carbons (Fsp3) is 0.500. The van der Waals surface area contributed by atoms with Crippen LogP contribution in [0.5, 0.6) is 5.75 Å². The number of carbonyl (C=O) groups is 1. The summed E-state index contributed by atoms with van der Waals surface area (Å²) in [6.07, 6.45) is -0.938. The number of sulfonamides is 1. The first-order chi connectivity index (χ1) is 16.4. The lowest BCUT2D eigenvalue weighted by atomic mass is 9.99. The molecule has 0 aliphatic carbocycles. The third kappa shape index (κ3) is 7.19. The number of aliphatic hydroxyl groups is 1. The van der Waals surface area contributed by atoms with E-state index in [-0.39, 0.29) is 23.9 Å². The SMILES string of the molecule is COc1ccc2c(c1)C[C@H](C)CN(C[C@@H](O)[C@H](Cc1ccccc1)NC(=O)OC(C)(C)C)S2(=O)=O. The molecule has 3 rings (SSSR count). The van der Waals surface area contributed by atoms with E-state index >= 15 is 0 Å². The van der Waals surface area contributed by atoms with E-state index in [9.17, 15) is 18.3 Å². The third-order valence-corrected chi connectivity index (χ3v) is 7.76. The Morgan fingerprint density at radius 3 is 2.51 bits per heavy atom. The Morgan fingerprint density at radius 2 is 1.89 bits per heavy atom. The van der Waals surface area contributed by atoms with Gasteiger partial charge < -0.3 is 19.9 Å². The van der Waals surface area contributed by atoms with Gasteiger partial charge >= 0.3 is 6.09 Å². The molecule has 2 aromatic carbocycles. The van der Waals surface area contributed by atoms with Crippen LogP contribution in [-0.2, 0) is 27.6 Å². The van der Waals surface area contributed by atoms with Crippen LogP contribution < -0.4 is 10.1 Å². The maximum atomic E-state index is 13.6. The third-order valence-electron chi connectivity index (χ3n) is 5.82. The van der Waals surface area contributed by atoms with Gasteiger partial charge in [-0.25, -0.2) is 13.2 Å². The average molecular weight is 505 g/mol. The highest BCUT2D eigenvalue weighted by Gasteiger charge is 2.36. The molecule has 2 aromatic rings. The number of benzene rings is 2. The molecule has 2 N–H and O–H groups in total. The van der Waals surface area contributed by atoms with Gasteiger partial charge in [-0.2, -0.15) is 4.31 Å². The zero-order chi connectivity index (χ0) is 25.8. The highest BCUT2D eigenvalue weighted by Crippen LogP contribution is 2.31. The minimum atomic E-state index is -3.86. The molecule has 0 bridgehead atoms. The Bertz CT molecular complexity index is 1110. The molecule has 1 heterocycles. The number of hydrogen-bond acceptors (Lipinski definition) is 6. The number of rotatable bonds is 7. The molecular formula is C26H36N2O6S. The summed E-state index contributed by atoms with van der Waals surface area (Å²) in [5.41, 5.74) is 0.888. The van der Waals surface area contributed by atoms with Crippen molar-refractivity contribution in [3.63, 3.8) is 0 Å². The summed E-state index contributed by atoms with van der Waals surface area (Å²) in [6, 6.07) is 13.6. The van der Waals surface area contributed by atoms with Crippen LogP contribution in [0, 0.1) is 5.92 Å². The fourth-order valence-electron chi connectivity index (χ4n) is 4.24. The zero-order valence-corrected chi connectivity index (χ0v) is 21.8. The number of amides is 1. The zero-order valence-electron chi connectivity index (χ0n) is 21.0. The summed E-state index contributed by atoms with van der Waals surface area (Å²) in [5, 5.41) is 14.0. The average Bonchev–Trinajstić information content (AvgIpc) is 2.85. The quantitative estimate of drug-likeness (QED) is 0.599. The van der Waals surface area contributed by atoms with Crippen LogP contribution >= 0.6 is 0 Å². The van der Waals surface area contributed by atoms with E-state index < -0.39 is 33.9 Å². The number of nitrogens with zero attached hydrogens (tertiary/aromatic N) is 1. The molecule has 0 unspecified atom stereocenters. The van der Waals surface area contributed by atoms with Crippen LogP contribution in [0.1, 0.15) is 38.8 Å². The van der Waals surface area contributed by atoms with Crippen LogP contribution in [0.2, 0.25) is 0 Å². The number of ether oxygens (including phenoxy) is 2. The highest BCUT2D eigenvalue weighted by atomic mass is 32.2. The molecule has 0 fully saturated rings. The van der Waals surface area contributed by atoms with E-state index in [0.717, 1.165) is 5.56 Å².